The van der Waals surface area contributed by atoms with Crippen LogP contribution in [0.4, 0.5) is 0 Å². The van der Waals surface area contributed by atoms with Crippen molar-refractivity contribution < 1.29 is 0 Å². The summed E-state index contributed by atoms with van der Waals surface area (Å²) in [4.78, 5) is 0. The molecule has 0 amide bonds. The molecule has 0 aromatic carbocycles. The number of hydrogen-bond acceptors (Lipinski definition) is 0. The third-order valence-electron chi connectivity index (χ3n) is 3.06. The smallest absolute Gasteiger partial charge is 0.0127 e. The van der Waals surface area contributed by atoms with E-state index in [1.807, 2.05) is 0 Å². The van der Waals surface area contributed by atoms with Crippen LogP contribution in [0.15, 0.2) is 34.9 Å². The summed E-state index contributed by atoms with van der Waals surface area (Å²) in [5.74, 6) is 0.724. The second-order valence-corrected chi connectivity index (χ2v) is 4.32. The Kier molecular flexibility index (Phi) is 2.39. The molecule has 0 N–H and O–H groups in total. The normalized spacial score (nSPS) is 21.9. The molecule has 0 bridgehead atoms. The van der Waals surface area contributed by atoms with Gasteiger partial charge in [0.2, 0.25) is 0 Å². The maximum atomic E-state index is 2.40. The van der Waals surface area contributed by atoms with Gasteiger partial charge in [-0.2, -0.15) is 0 Å². The molecule has 0 heteroatoms. The topological polar surface area (TPSA) is 0 Å². The average molecular weight is 174 g/mol. The molecule has 2 aliphatic rings. The van der Waals surface area contributed by atoms with E-state index >= 15 is 0 Å². The summed E-state index contributed by atoms with van der Waals surface area (Å²) in [6.45, 7) is 4.63. The standard InChI is InChI=1S/C13H18/c1-10(2)12-9-5-7-11-6-3-4-8-13(11)12/h5-7,10H,3-4,8-9H2,1-2H3. The Morgan fingerprint density at radius 1 is 1.31 bits per heavy atom. The van der Waals surface area contributed by atoms with Gasteiger partial charge in [-0.1, -0.05) is 37.6 Å². The van der Waals surface area contributed by atoms with Gasteiger partial charge in [0.05, 0.1) is 0 Å². The monoisotopic (exact) mass is 174 g/mol. The fraction of sp³-hybridized carbons (Fsp3) is 0.538. The van der Waals surface area contributed by atoms with Crippen LogP contribution >= 0.6 is 0 Å². The molecule has 0 aromatic heterocycles. The molecular formula is C13H18. The number of rotatable bonds is 1. The Morgan fingerprint density at radius 2 is 2.15 bits per heavy atom. The van der Waals surface area contributed by atoms with Gasteiger partial charge in [0.1, 0.15) is 0 Å². The molecule has 0 aromatic rings. The summed E-state index contributed by atoms with van der Waals surface area (Å²) >= 11 is 0. The lowest BCUT2D eigenvalue weighted by atomic mass is 9.81. The van der Waals surface area contributed by atoms with Crippen molar-refractivity contribution in [2.45, 2.75) is 39.5 Å². The van der Waals surface area contributed by atoms with E-state index in [1.54, 1.807) is 11.1 Å². The lowest BCUT2D eigenvalue weighted by molar-refractivity contribution is 0.700. The lowest BCUT2D eigenvalue weighted by Crippen LogP contribution is -2.07. The minimum absolute atomic E-state index is 0.724. The molecular weight excluding hydrogens is 156 g/mol. The van der Waals surface area contributed by atoms with Gasteiger partial charge in [-0.15, -0.1) is 0 Å². The Bertz CT molecular complexity index is 287. The van der Waals surface area contributed by atoms with E-state index < -0.39 is 0 Å². The van der Waals surface area contributed by atoms with Gasteiger partial charge in [-0.05, 0) is 42.7 Å². The zero-order chi connectivity index (χ0) is 9.26. The highest BCUT2D eigenvalue weighted by Gasteiger charge is 2.17. The molecule has 0 nitrogen and oxygen atoms in total. The molecule has 0 radical (unpaired) electrons. The van der Waals surface area contributed by atoms with Gasteiger partial charge < -0.3 is 0 Å². The molecule has 0 atom stereocenters. The molecule has 2 rings (SSSR count). The molecule has 0 saturated carbocycles. The summed E-state index contributed by atoms with van der Waals surface area (Å²) in [7, 11) is 0. The van der Waals surface area contributed by atoms with Crippen molar-refractivity contribution in [2.24, 2.45) is 5.92 Å². The van der Waals surface area contributed by atoms with Crippen LogP contribution < -0.4 is 0 Å². The molecule has 0 fully saturated rings. The van der Waals surface area contributed by atoms with Crippen molar-refractivity contribution in [3.63, 3.8) is 0 Å². The van der Waals surface area contributed by atoms with Crippen LogP contribution in [0, 0.1) is 5.92 Å². The first-order valence-electron chi connectivity index (χ1n) is 5.38. The van der Waals surface area contributed by atoms with Crippen molar-refractivity contribution in [3.05, 3.63) is 34.9 Å². The first kappa shape index (κ1) is 8.80. The fourth-order valence-corrected chi connectivity index (χ4v) is 2.34. The Hall–Kier alpha value is -0.780. The summed E-state index contributed by atoms with van der Waals surface area (Å²) in [5.41, 5.74) is 4.85. The summed E-state index contributed by atoms with van der Waals surface area (Å²) < 4.78 is 0. The SMILES string of the molecule is CC(C)C1=C2CCCC=C2C=CC1. The molecule has 0 heterocycles. The third kappa shape index (κ3) is 1.63. The van der Waals surface area contributed by atoms with Crippen LogP contribution in [-0.2, 0) is 0 Å². The fourth-order valence-electron chi connectivity index (χ4n) is 2.34. The zero-order valence-electron chi connectivity index (χ0n) is 8.64. The van der Waals surface area contributed by atoms with E-state index in [0.717, 1.165) is 5.92 Å². The van der Waals surface area contributed by atoms with Crippen molar-refractivity contribution in [1.29, 1.82) is 0 Å². The van der Waals surface area contributed by atoms with Crippen molar-refractivity contribution >= 4 is 0 Å². The summed E-state index contributed by atoms with van der Waals surface area (Å²) in [6, 6.07) is 0. The van der Waals surface area contributed by atoms with Crippen molar-refractivity contribution in [3.8, 4) is 0 Å². The minimum Gasteiger partial charge on any atom is -0.0798 e. The third-order valence-corrected chi connectivity index (χ3v) is 3.06. The average Bonchev–Trinajstić information content (AvgIpc) is 2.17. The van der Waals surface area contributed by atoms with E-state index in [-0.39, 0.29) is 0 Å². The Labute approximate surface area is 81.0 Å². The highest BCUT2D eigenvalue weighted by atomic mass is 14.2. The number of fused-ring (bicyclic) bond motifs is 1. The Balaban J connectivity index is 2.38. The van der Waals surface area contributed by atoms with E-state index in [4.69, 9.17) is 0 Å². The van der Waals surface area contributed by atoms with Gasteiger partial charge >= 0.3 is 0 Å². The highest BCUT2D eigenvalue weighted by molar-refractivity contribution is 5.48. The van der Waals surface area contributed by atoms with E-state index in [2.05, 4.69) is 32.1 Å². The number of hydrogen-bond donors (Lipinski definition) is 0. The van der Waals surface area contributed by atoms with E-state index in [1.165, 1.54) is 31.3 Å². The summed E-state index contributed by atoms with van der Waals surface area (Å²) in [5, 5.41) is 0. The van der Waals surface area contributed by atoms with Crippen molar-refractivity contribution in [1.82, 2.24) is 0 Å². The number of allylic oxidation sites excluding steroid dienone is 6. The summed E-state index contributed by atoms with van der Waals surface area (Å²) in [6.07, 6.45) is 12.1. The first-order valence-corrected chi connectivity index (χ1v) is 5.38. The van der Waals surface area contributed by atoms with Gasteiger partial charge in [0.15, 0.2) is 0 Å². The zero-order valence-corrected chi connectivity index (χ0v) is 8.64. The molecule has 0 spiro atoms. The predicted molar refractivity (Wildman–Crippen MR) is 57.6 cm³/mol. The molecule has 2 aliphatic carbocycles. The molecule has 13 heavy (non-hydrogen) atoms. The van der Waals surface area contributed by atoms with E-state index in [0.29, 0.717) is 0 Å². The Morgan fingerprint density at radius 3 is 2.92 bits per heavy atom. The van der Waals surface area contributed by atoms with E-state index in [9.17, 15) is 0 Å². The van der Waals surface area contributed by atoms with Crippen molar-refractivity contribution in [2.75, 3.05) is 0 Å². The lowest BCUT2D eigenvalue weighted by Gasteiger charge is -2.24. The molecule has 0 aliphatic heterocycles. The van der Waals surface area contributed by atoms with Gasteiger partial charge in [0, 0.05) is 0 Å². The van der Waals surface area contributed by atoms with Crippen LogP contribution in [0.2, 0.25) is 0 Å². The molecule has 0 saturated heterocycles. The first-order chi connectivity index (χ1) is 6.29. The van der Waals surface area contributed by atoms with Gasteiger partial charge in [-0.3, -0.25) is 0 Å². The van der Waals surface area contributed by atoms with Crippen LogP contribution in [-0.4, -0.2) is 0 Å². The second-order valence-electron chi connectivity index (χ2n) is 4.32. The molecule has 70 valence electrons. The van der Waals surface area contributed by atoms with Gasteiger partial charge in [-0.25, -0.2) is 0 Å². The van der Waals surface area contributed by atoms with Crippen LogP contribution in [0.5, 0.6) is 0 Å². The largest absolute Gasteiger partial charge is 0.0798 e. The quantitative estimate of drug-likeness (QED) is 0.563. The maximum Gasteiger partial charge on any atom is -0.0127 e. The predicted octanol–water partition coefficient (Wildman–Crippen LogP) is 4.01. The van der Waals surface area contributed by atoms with Gasteiger partial charge in [0.25, 0.3) is 0 Å². The highest BCUT2D eigenvalue weighted by Crippen LogP contribution is 2.35. The molecule has 0 unspecified atom stereocenters. The van der Waals surface area contributed by atoms with Crippen LogP contribution in [0.25, 0.3) is 0 Å². The maximum absolute atomic E-state index is 2.40. The minimum atomic E-state index is 0.724. The van der Waals surface area contributed by atoms with Crippen LogP contribution in [0.1, 0.15) is 39.5 Å². The second kappa shape index (κ2) is 3.53. The van der Waals surface area contributed by atoms with Crippen LogP contribution in [0.3, 0.4) is 0 Å².